The molecule has 0 saturated heterocycles. The normalized spacial score (nSPS) is 14.0. The van der Waals surface area contributed by atoms with Crippen molar-refractivity contribution in [3.05, 3.63) is 54.1 Å². The number of benzene rings is 2. The second-order valence-corrected chi connectivity index (χ2v) is 4.59. The minimum atomic E-state index is 0.919. The zero-order valence-electron chi connectivity index (χ0n) is 10.2. The van der Waals surface area contributed by atoms with E-state index in [0.717, 1.165) is 6.67 Å². The maximum Gasteiger partial charge on any atom is 0.0950 e. The third-order valence-electron chi connectivity index (χ3n) is 3.28. The van der Waals surface area contributed by atoms with Gasteiger partial charge in [0.15, 0.2) is 0 Å². The Morgan fingerprint density at radius 3 is 2.24 bits per heavy atom. The van der Waals surface area contributed by atoms with Crippen molar-refractivity contribution >= 4 is 17.1 Å². The molecule has 0 unspecified atom stereocenters. The van der Waals surface area contributed by atoms with Gasteiger partial charge < -0.3 is 9.80 Å². The van der Waals surface area contributed by atoms with E-state index in [4.69, 9.17) is 0 Å². The summed E-state index contributed by atoms with van der Waals surface area (Å²) in [7, 11) is 2.13. The maximum absolute atomic E-state index is 2.34. The van der Waals surface area contributed by atoms with Crippen LogP contribution in [0, 0.1) is 6.92 Å². The van der Waals surface area contributed by atoms with Crippen molar-refractivity contribution in [2.24, 2.45) is 0 Å². The second kappa shape index (κ2) is 3.81. The van der Waals surface area contributed by atoms with Gasteiger partial charge in [0.1, 0.15) is 0 Å². The Labute approximate surface area is 102 Å². The van der Waals surface area contributed by atoms with Crippen LogP contribution in [0.3, 0.4) is 0 Å². The van der Waals surface area contributed by atoms with Crippen LogP contribution in [-0.4, -0.2) is 13.7 Å². The smallest absolute Gasteiger partial charge is 0.0950 e. The summed E-state index contributed by atoms with van der Waals surface area (Å²) in [6.07, 6.45) is 0. The molecule has 0 bridgehead atoms. The molecule has 2 nitrogen and oxygen atoms in total. The van der Waals surface area contributed by atoms with E-state index >= 15 is 0 Å². The molecule has 2 aromatic carbocycles. The average Bonchev–Trinajstić information content (AvgIpc) is 2.69. The Morgan fingerprint density at radius 1 is 0.882 bits per heavy atom. The van der Waals surface area contributed by atoms with Gasteiger partial charge in [-0.05, 0) is 31.2 Å². The number of para-hydroxylation sites is 2. The fourth-order valence-corrected chi connectivity index (χ4v) is 2.33. The lowest BCUT2D eigenvalue weighted by molar-refractivity contribution is 0.949. The summed E-state index contributed by atoms with van der Waals surface area (Å²) in [5.74, 6) is 0. The Hall–Kier alpha value is -1.96. The van der Waals surface area contributed by atoms with Gasteiger partial charge in [0.05, 0.1) is 18.0 Å². The maximum atomic E-state index is 2.34. The van der Waals surface area contributed by atoms with Crippen LogP contribution in [0.25, 0.3) is 0 Å². The van der Waals surface area contributed by atoms with Crippen molar-refractivity contribution in [2.45, 2.75) is 6.92 Å². The third-order valence-corrected chi connectivity index (χ3v) is 3.28. The van der Waals surface area contributed by atoms with Crippen LogP contribution >= 0.6 is 0 Å². The van der Waals surface area contributed by atoms with E-state index in [1.54, 1.807) is 0 Å². The number of hydrogen-bond donors (Lipinski definition) is 0. The van der Waals surface area contributed by atoms with Gasteiger partial charge in [-0.25, -0.2) is 0 Å². The molecule has 0 atom stereocenters. The molecule has 1 aliphatic heterocycles. The highest BCUT2D eigenvalue weighted by Gasteiger charge is 2.23. The first-order chi connectivity index (χ1) is 8.25. The zero-order chi connectivity index (χ0) is 11.8. The van der Waals surface area contributed by atoms with Crippen molar-refractivity contribution in [3.63, 3.8) is 0 Å². The molecule has 0 spiro atoms. The molecule has 2 heteroatoms. The van der Waals surface area contributed by atoms with E-state index in [-0.39, 0.29) is 0 Å². The van der Waals surface area contributed by atoms with E-state index in [1.165, 1.54) is 22.6 Å². The van der Waals surface area contributed by atoms with Crippen LogP contribution in [0.1, 0.15) is 5.56 Å². The summed E-state index contributed by atoms with van der Waals surface area (Å²) in [5.41, 5.74) is 5.15. The van der Waals surface area contributed by atoms with E-state index in [0.29, 0.717) is 0 Å². The van der Waals surface area contributed by atoms with Gasteiger partial charge in [-0.1, -0.05) is 29.8 Å². The third kappa shape index (κ3) is 1.66. The van der Waals surface area contributed by atoms with Crippen LogP contribution in [0.2, 0.25) is 0 Å². The molecule has 1 aliphatic rings. The molecule has 0 N–H and O–H groups in total. The fraction of sp³-hybridized carbons (Fsp3) is 0.200. The molecular formula is C15H16N2. The minimum absolute atomic E-state index is 0.919. The molecule has 3 rings (SSSR count). The highest BCUT2D eigenvalue weighted by Crippen LogP contribution is 2.39. The SMILES string of the molecule is Cc1ccc(N2CN(C)c3ccccc32)cc1. The molecule has 0 amide bonds. The van der Waals surface area contributed by atoms with E-state index in [1.807, 2.05) is 0 Å². The highest BCUT2D eigenvalue weighted by molar-refractivity contribution is 5.81. The molecule has 86 valence electrons. The van der Waals surface area contributed by atoms with Gasteiger partial charge in [0, 0.05) is 12.7 Å². The van der Waals surface area contributed by atoms with Gasteiger partial charge in [-0.3, -0.25) is 0 Å². The van der Waals surface area contributed by atoms with Crippen LogP contribution in [-0.2, 0) is 0 Å². The second-order valence-electron chi connectivity index (χ2n) is 4.59. The van der Waals surface area contributed by atoms with Gasteiger partial charge in [0.2, 0.25) is 0 Å². The topological polar surface area (TPSA) is 6.48 Å². The van der Waals surface area contributed by atoms with Gasteiger partial charge in [-0.15, -0.1) is 0 Å². The molecule has 0 aromatic heterocycles. The summed E-state index contributed by atoms with van der Waals surface area (Å²) in [4.78, 5) is 4.62. The average molecular weight is 224 g/mol. The van der Waals surface area contributed by atoms with Crippen molar-refractivity contribution in [3.8, 4) is 0 Å². The van der Waals surface area contributed by atoms with Gasteiger partial charge >= 0.3 is 0 Å². The molecule has 1 heterocycles. The lowest BCUT2D eigenvalue weighted by Gasteiger charge is -2.19. The largest absolute Gasteiger partial charge is 0.355 e. The van der Waals surface area contributed by atoms with Crippen molar-refractivity contribution in [1.82, 2.24) is 0 Å². The van der Waals surface area contributed by atoms with Gasteiger partial charge in [0.25, 0.3) is 0 Å². The quantitative estimate of drug-likeness (QED) is 0.731. The summed E-state index contributed by atoms with van der Waals surface area (Å²) < 4.78 is 0. The molecule has 17 heavy (non-hydrogen) atoms. The number of aryl methyl sites for hydroxylation is 1. The summed E-state index contributed by atoms with van der Waals surface area (Å²) in [6.45, 7) is 3.04. The number of anilines is 3. The van der Waals surface area contributed by atoms with Crippen LogP contribution in [0.15, 0.2) is 48.5 Å². The first kappa shape index (κ1) is 10.2. The number of hydrogen-bond acceptors (Lipinski definition) is 2. The fourth-order valence-electron chi connectivity index (χ4n) is 2.33. The van der Waals surface area contributed by atoms with Crippen molar-refractivity contribution < 1.29 is 0 Å². The predicted octanol–water partition coefficient (Wildman–Crippen LogP) is 3.54. The molecular weight excluding hydrogens is 208 g/mol. The first-order valence-electron chi connectivity index (χ1n) is 5.90. The molecule has 0 aliphatic carbocycles. The lowest BCUT2D eigenvalue weighted by Crippen LogP contribution is -2.23. The van der Waals surface area contributed by atoms with E-state index < -0.39 is 0 Å². The zero-order valence-corrected chi connectivity index (χ0v) is 10.2. The number of fused-ring (bicyclic) bond motifs is 1. The molecule has 0 fully saturated rings. The molecule has 0 radical (unpaired) electrons. The van der Waals surface area contributed by atoms with Crippen LogP contribution in [0.5, 0.6) is 0 Å². The van der Waals surface area contributed by atoms with E-state index in [2.05, 4.69) is 72.3 Å². The summed E-state index contributed by atoms with van der Waals surface area (Å²) >= 11 is 0. The van der Waals surface area contributed by atoms with Crippen LogP contribution in [0.4, 0.5) is 17.1 Å². The van der Waals surface area contributed by atoms with Gasteiger partial charge in [-0.2, -0.15) is 0 Å². The Morgan fingerprint density at radius 2 is 1.53 bits per heavy atom. The minimum Gasteiger partial charge on any atom is -0.355 e. The summed E-state index contributed by atoms with van der Waals surface area (Å²) in [5, 5.41) is 0. The molecule has 0 saturated carbocycles. The predicted molar refractivity (Wildman–Crippen MR) is 73.0 cm³/mol. The Kier molecular flexibility index (Phi) is 2.29. The van der Waals surface area contributed by atoms with Crippen molar-refractivity contribution in [1.29, 1.82) is 0 Å². The highest BCUT2D eigenvalue weighted by atomic mass is 15.4. The number of nitrogens with zero attached hydrogens (tertiary/aromatic N) is 2. The lowest BCUT2D eigenvalue weighted by atomic mass is 10.2. The Balaban J connectivity index is 2.04. The first-order valence-corrected chi connectivity index (χ1v) is 5.90. The monoisotopic (exact) mass is 224 g/mol. The van der Waals surface area contributed by atoms with Crippen molar-refractivity contribution in [2.75, 3.05) is 23.5 Å². The Bertz CT molecular complexity index is 531. The summed E-state index contributed by atoms with van der Waals surface area (Å²) in [6, 6.07) is 17.2. The standard InChI is InChI=1S/C15H16N2/c1-12-7-9-13(10-8-12)17-11-16(2)14-5-3-4-6-15(14)17/h3-10H,11H2,1-2H3. The van der Waals surface area contributed by atoms with E-state index in [9.17, 15) is 0 Å². The number of rotatable bonds is 1. The van der Waals surface area contributed by atoms with Crippen LogP contribution < -0.4 is 9.80 Å². The molecule has 2 aromatic rings.